The summed E-state index contributed by atoms with van der Waals surface area (Å²) >= 11 is 1.50. The molecule has 0 spiro atoms. The molecule has 10 heteroatoms. The fourth-order valence-electron chi connectivity index (χ4n) is 3.89. The van der Waals surface area contributed by atoms with Crippen molar-refractivity contribution in [1.29, 1.82) is 0 Å². The molecule has 0 atom stereocenters. The monoisotopic (exact) mass is 486 g/mol. The second-order valence-corrected chi connectivity index (χ2v) is 9.05. The Morgan fingerprint density at radius 1 is 1.12 bits per heavy atom. The second kappa shape index (κ2) is 8.94. The predicted molar refractivity (Wildman–Crippen MR) is 124 cm³/mol. The number of aromatic nitrogens is 2. The molecular weight excluding hydrogens is 465 g/mol. The van der Waals surface area contributed by atoms with E-state index in [4.69, 9.17) is 5.73 Å². The number of halogens is 3. The molecule has 0 aliphatic heterocycles. The van der Waals surface area contributed by atoms with Gasteiger partial charge in [-0.1, -0.05) is 24.3 Å². The van der Waals surface area contributed by atoms with Gasteiger partial charge >= 0.3 is 6.18 Å². The first-order valence-corrected chi connectivity index (χ1v) is 11.2. The van der Waals surface area contributed by atoms with Crippen LogP contribution >= 0.6 is 11.3 Å². The lowest BCUT2D eigenvalue weighted by Gasteiger charge is -2.08. The van der Waals surface area contributed by atoms with Gasteiger partial charge in [-0.25, -0.2) is 4.68 Å². The molecule has 2 aromatic heterocycles. The number of nitrogens with two attached hydrogens (primary N) is 1. The minimum Gasteiger partial charge on any atom is -0.368 e. The zero-order valence-corrected chi connectivity index (χ0v) is 19.2. The van der Waals surface area contributed by atoms with Gasteiger partial charge in [0.25, 0.3) is 5.91 Å². The fourth-order valence-corrected chi connectivity index (χ4v) is 5.01. The van der Waals surface area contributed by atoms with E-state index in [2.05, 4.69) is 10.4 Å². The van der Waals surface area contributed by atoms with E-state index in [1.807, 2.05) is 24.3 Å². The molecule has 6 nitrogen and oxygen atoms in total. The van der Waals surface area contributed by atoms with Gasteiger partial charge in [-0.2, -0.15) is 18.3 Å². The third-order valence-electron chi connectivity index (χ3n) is 5.39. The summed E-state index contributed by atoms with van der Waals surface area (Å²) in [5, 5.41) is 7.89. The van der Waals surface area contributed by atoms with E-state index in [1.54, 1.807) is 24.6 Å². The SMILES string of the molecule is Cc1nn(-c2cccc3sc(Cc4cccc(C(F)(F)F)c4)cc23)c(C)c1C(=O)NCC(N)=O. The normalized spacial score (nSPS) is 11.7. The van der Waals surface area contributed by atoms with E-state index in [0.29, 0.717) is 28.9 Å². The molecule has 0 bridgehead atoms. The molecule has 0 aliphatic rings. The van der Waals surface area contributed by atoms with Gasteiger partial charge in [-0.05, 0) is 43.7 Å². The Morgan fingerprint density at radius 3 is 2.56 bits per heavy atom. The second-order valence-electron chi connectivity index (χ2n) is 7.88. The number of nitrogens with one attached hydrogen (secondary N) is 1. The number of hydrogen-bond donors (Lipinski definition) is 2. The van der Waals surface area contributed by atoms with Crippen LogP contribution in [0.2, 0.25) is 0 Å². The maximum absolute atomic E-state index is 13.1. The topological polar surface area (TPSA) is 90.0 Å². The lowest BCUT2D eigenvalue weighted by atomic mass is 10.1. The molecule has 0 radical (unpaired) electrons. The highest BCUT2D eigenvalue weighted by atomic mass is 32.1. The molecule has 2 heterocycles. The van der Waals surface area contributed by atoms with Crippen LogP contribution in [0.25, 0.3) is 15.8 Å². The minimum absolute atomic E-state index is 0.276. The highest BCUT2D eigenvalue weighted by Crippen LogP contribution is 2.34. The number of aryl methyl sites for hydroxylation is 1. The number of nitrogens with zero attached hydrogens (tertiary/aromatic N) is 2. The molecule has 0 saturated heterocycles. The van der Waals surface area contributed by atoms with Crippen molar-refractivity contribution in [1.82, 2.24) is 15.1 Å². The lowest BCUT2D eigenvalue weighted by Crippen LogP contribution is -2.33. The van der Waals surface area contributed by atoms with Crippen LogP contribution in [0.4, 0.5) is 13.2 Å². The maximum Gasteiger partial charge on any atom is 0.416 e. The van der Waals surface area contributed by atoms with Crippen molar-refractivity contribution < 1.29 is 22.8 Å². The molecule has 176 valence electrons. The fraction of sp³-hybridized carbons (Fsp3) is 0.208. The molecule has 34 heavy (non-hydrogen) atoms. The van der Waals surface area contributed by atoms with Crippen LogP contribution < -0.4 is 11.1 Å². The first-order chi connectivity index (χ1) is 16.0. The Balaban J connectivity index is 1.69. The van der Waals surface area contributed by atoms with Crippen molar-refractivity contribution in [3.8, 4) is 5.69 Å². The van der Waals surface area contributed by atoms with Crippen molar-refractivity contribution in [2.75, 3.05) is 6.54 Å². The summed E-state index contributed by atoms with van der Waals surface area (Å²) in [6.07, 6.45) is -4.03. The van der Waals surface area contributed by atoms with Crippen molar-refractivity contribution in [3.63, 3.8) is 0 Å². The quantitative estimate of drug-likeness (QED) is 0.420. The molecular formula is C24H21F3N4O2S. The van der Waals surface area contributed by atoms with Crippen LogP contribution in [0.15, 0.2) is 48.5 Å². The Kier molecular flexibility index (Phi) is 6.18. The van der Waals surface area contributed by atoms with E-state index in [-0.39, 0.29) is 6.54 Å². The zero-order chi connectivity index (χ0) is 24.6. The van der Waals surface area contributed by atoms with Crippen LogP contribution in [0.1, 0.15) is 37.7 Å². The van der Waals surface area contributed by atoms with Crippen molar-refractivity contribution in [3.05, 3.63) is 81.5 Å². The third-order valence-corrected chi connectivity index (χ3v) is 6.49. The predicted octanol–water partition coefficient (Wildman–Crippen LogP) is 4.53. The van der Waals surface area contributed by atoms with Gasteiger partial charge in [-0.3, -0.25) is 9.59 Å². The summed E-state index contributed by atoms with van der Waals surface area (Å²) in [6, 6.07) is 12.9. The average molecular weight is 487 g/mol. The largest absolute Gasteiger partial charge is 0.416 e. The van der Waals surface area contributed by atoms with E-state index < -0.39 is 23.6 Å². The maximum atomic E-state index is 13.1. The Labute approximate surface area is 197 Å². The molecule has 0 aliphatic carbocycles. The van der Waals surface area contributed by atoms with E-state index in [1.165, 1.54) is 23.5 Å². The number of thiophene rings is 1. The molecule has 3 N–H and O–H groups in total. The van der Waals surface area contributed by atoms with Crippen molar-refractivity contribution >= 4 is 33.2 Å². The number of amides is 2. The number of fused-ring (bicyclic) bond motifs is 1. The summed E-state index contributed by atoms with van der Waals surface area (Å²) in [5.41, 5.74) is 7.21. The first kappa shape index (κ1) is 23.5. The highest BCUT2D eigenvalue weighted by molar-refractivity contribution is 7.19. The summed E-state index contributed by atoms with van der Waals surface area (Å²) in [5.74, 6) is -1.09. The van der Waals surface area contributed by atoms with Gasteiger partial charge in [0.1, 0.15) is 0 Å². The van der Waals surface area contributed by atoms with Gasteiger partial charge in [0.2, 0.25) is 5.91 Å². The number of primary amides is 1. The smallest absolute Gasteiger partial charge is 0.368 e. The van der Waals surface area contributed by atoms with Crippen LogP contribution in [0.5, 0.6) is 0 Å². The summed E-state index contributed by atoms with van der Waals surface area (Å²) in [7, 11) is 0. The third kappa shape index (κ3) is 4.67. The first-order valence-electron chi connectivity index (χ1n) is 10.3. The molecule has 0 saturated carbocycles. The Bertz CT molecular complexity index is 1410. The molecule has 4 rings (SSSR count). The van der Waals surface area contributed by atoms with Gasteiger partial charge in [0.15, 0.2) is 0 Å². The van der Waals surface area contributed by atoms with E-state index >= 15 is 0 Å². The molecule has 0 fully saturated rings. The number of carbonyl (C=O) groups excluding carboxylic acids is 2. The average Bonchev–Trinajstić information content (AvgIpc) is 3.31. The summed E-state index contributed by atoms with van der Waals surface area (Å²) in [6.45, 7) is 3.19. The van der Waals surface area contributed by atoms with Crippen LogP contribution in [0, 0.1) is 13.8 Å². The summed E-state index contributed by atoms with van der Waals surface area (Å²) < 4.78 is 41.8. The number of benzene rings is 2. The summed E-state index contributed by atoms with van der Waals surface area (Å²) in [4.78, 5) is 24.5. The molecule has 2 aromatic carbocycles. The van der Waals surface area contributed by atoms with Crippen LogP contribution in [-0.2, 0) is 17.4 Å². The van der Waals surface area contributed by atoms with Crippen molar-refractivity contribution in [2.24, 2.45) is 5.73 Å². The minimum atomic E-state index is -4.39. The van der Waals surface area contributed by atoms with E-state index in [0.717, 1.165) is 26.7 Å². The standard InChI is InChI=1S/C24H21F3N4O2S/c1-13-22(23(33)29-12-21(28)32)14(2)31(30-13)19-7-4-8-20-18(19)11-17(34-20)10-15-5-3-6-16(9-15)24(25,26)27/h3-9,11H,10,12H2,1-2H3,(H2,28,32)(H,29,33). The Hall–Kier alpha value is -3.66. The molecule has 4 aromatic rings. The van der Waals surface area contributed by atoms with E-state index in [9.17, 15) is 22.8 Å². The van der Waals surface area contributed by atoms with Gasteiger partial charge < -0.3 is 11.1 Å². The van der Waals surface area contributed by atoms with Gasteiger partial charge in [0.05, 0.1) is 34.7 Å². The number of alkyl halides is 3. The van der Waals surface area contributed by atoms with Crippen LogP contribution in [0.3, 0.4) is 0 Å². The highest BCUT2D eigenvalue weighted by Gasteiger charge is 2.30. The number of rotatable bonds is 6. The van der Waals surface area contributed by atoms with Crippen molar-refractivity contribution in [2.45, 2.75) is 26.4 Å². The van der Waals surface area contributed by atoms with Gasteiger partial charge in [0, 0.05) is 21.4 Å². The van der Waals surface area contributed by atoms with Gasteiger partial charge in [-0.15, -0.1) is 11.3 Å². The lowest BCUT2D eigenvalue weighted by molar-refractivity contribution is -0.137. The molecule has 0 unspecified atom stereocenters. The Morgan fingerprint density at radius 2 is 1.85 bits per heavy atom. The number of hydrogen-bond acceptors (Lipinski definition) is 4. The molecule has 2 amide bonds. The zero-order valence-electron chi connectivity index (χ0n) is 18.4. The van der Waals surface area contributed by atoms with Crippen LogP contribution in [-0.4, -0.2) is 28.1 Å². The number of carbonyl (C=O) groups is 2.